The van der Waals surface area contributed by atoms with Crippen molar-refractivity contribution in [1.82, 2.24) is 25.1 Å². The molecule has 3 heterocycles. The minimum Gasteiger partial charge on any atom is -0.356 e. The van der Waals surface area contributed by atoms with Crippen molar-refractivity contribution in [3.63, 3.8) is 0 Å². The molecule has 0 fully saturated rings. The van der Waals surface area contributed by atoms with Gasteiger partial charge in [-0.1, -0.05) is 0 Å². The maximum Gasteiger partial charge on any atom is 0.224 e. The van der Waals surface area contributed by atoms with Gasteiger partial charge in [0.15, 0.2) is 0 Å². The molecule has 0 aliphatic carbocycles. The molecule has 0 spiro atoms. The van der Waals surface area contributed by atoms with Crippen LogP contribution in [0, 0.1) is 19.7 Å². The molecule has 0 atom stereocenters. The summed E-state index contributed by atoms with van der Waals surface area (Å²) in [6.07, 6.45) is 5.42. The van der Waals surface area contributed by atoms with Crippen LogP contribution in [0.15, 0.2) is 54.2 Å². The number of nitrogens with one attached hydrogen (secondary N) is 1. The Morgan fingerprint density at radius 1 is 1.12 bits per heavy atom. The molecule has 1 amide bonds. The normalized spacial score (nSPS) is 11.0. The van der Waals surface area contributed by atoms with Crippen molar-refractivity contribution in [3.8, 4) is 16.9 Å². The smallest absolute Gasteiger partial charge is 0.224 e. The standard InChI is InChI=1S/C24H24FN5OS/c1-16-21(17(2)30(29-16)20-7-5-19(25)6-8-20)14-23(31)27-11-3-4-24-28-22(15-32-24)18-9-12-26-13-10-18/h5-10,12-13,15H,3-4,11,14H2,1-2H3,(H,27,31). The van der Waals surface area contributed by atoms with Crippen LogP contribution in [0.25, 0.3) is 16.9 Å². The van der Waals surface area contributed by atoms with Crippen LogP contribution in [0.5, 0.6) is 0 Å². The second kappa shape index (κ2) is 9.82. The van der Waals surface area contributed by atoms with Crippen LogP contribution in [0.1, 0.15) is 28.4 Å². The van der Waals surface area contributed by atoms with Crippen LogP contribution in [-0.2, 0) is 17.6 Å². The Morgan fingerprint density at radius 3 is 2.62 bits per heavy atom. The first-order valence-corrected chi connectivity index (χ1v) is 11.3. The summed E-state index contributed by atoms with van der Waals surface area (Å²) in [5.74, 6) is -0.326. The van der Waals surface area contributed by atoms with Gasteiger partial charge in [0.25, 0.3) is 0 Å². The third kappa shape index (κ3) is 5.08. The van der Waals surface area contributed by atoms with Gasteiger partial charge in [0.2, 0.25) is 5.91 Å². The van der Waals surface area contributed by atoms with E-state index < -0.39 is 0 Å². The van der Waals surface area contributed by atoms with Gasteiger partial charge in [-0.25, -0.2) is 14.1 Å². The minimum atomic E-state index is -0.291. The molecule has 0 aliphatic rings. The van der Waals surface area contributed by atoms with Crippen LogP contribution in [0.4, 0.5) is 4.39 Å². The zero-order valence-electron chi connectivity index (χ0n) is 18.0. The molecule has 0 bridgehead atoms. The van der Waals surface area contributed by atoms with E-state index in [1.54, 1.807) is 40.5 Å². The summed E-state index contributed by atoms with van der Waals surface area (Å²) in [5.41, 5.74) is 5.37. The number of carbonyl (C=O) groups is 1. The molecule has 1 aromatic carbocycles. The number of hydrogen-bond donors (Lipinski definition) is 1. The first-order chi connectivity index (χ1) is 15.5. The fraction of sp³-hybridized carbons (Fsp3) is 0.250. The summed E-state index contributed by atoms with van der Waals surface area (Å²) in [6.45, 7) is 4.40. The van der Waals surface area contributed by atoms with Crippen molar-refractivity contribution >= 4 is 17.2 Å². The first-order valence-electron chi connectivity index (χ1n) is 10.4. The maximum absolute atomic E-state index is 13.2. The highest BCUT2D eigenvalue weighted by molar-refractivity contribution is 7.09. The summed E-state index contributed by atoms with van der Waals surface area (Å²) in [4.78, 5) is 21.2. The van der Waals surface area contributed by atoms with Gasteiger partial charge in [-0.05, 0) is 56.7 Å². The number of halogens is 1. The van der Waals surface area contributed by atoms with E-state index in [9.17, 15) is 9.18 Å². The number of aromatic nitrogens is 4. The van der Waals surface area contributed by atoms with Crippen LogP contribution >= 0.6 is 11.3 Å². The molecule has 0 aliphatic heterocycles. The third-order valence-corrected chi connectivity index (χ3v) is 6.18. The lowest BCUT2D eigenvalue weighted by Gasteiger charge is -2.07. The SMILES string of the molecule is Cc1nn(-c2ccc(F)cc2)c(C)c1CC(=O)NCCCc1nc(-c2ccncc2)cs1. The molecule has 6 nitrogen and oxygen atoms in total. The predicted octanol–water partition coefficient (Wildman–Crippen LogP) is 4.44. The van der Waals surface area contributed by atoms with E-state index >= 15 is 0 Å². The van der Waals surface area contributed by atoms with Gasteiger partial charge in [0, 0.05) is 47.6 Å². The molecule has 164 valence electrons. The lowest BCUT2D eigenvalue weighted by molar-refractivity contribution is -0.120. The van der Waals surface area contributed by atoms with Crippen molar-refractivity contribution in [2.24, 2.45) is 0 Å². The van der Waals surface area contributed by atoms with E-state index in [1.165, 1.54) is 12.1 Å². The zero-order chi connectivity index (χ0) is 22.5. The van der Waals surface area contributed by atoms with Crippen molar-refractivity contribution in [2.75, 3.05) is 6.54 Å². The Bertz CT molecular complexity index is 1200. The minimum absolute atomic E-state index is 0.0357. The number of nitrogens with zero attached hydrogens (tertiary/aromatic N) is 4. The molecule has 3 aromatic heterocycles. The quantitative estimate of drug-likeness (QED) is 0.404. The van der Waals surface area contributed by atoms with Crippen LogP contribution in [0.2, 0.25) is 0 Å². The van der Waals surface area contributed by atoms with E-state index in [0.717, 1.165) is 51.7 Å². The Kier molecular flexibility index (Phi) is 6.70. The second-order valence-corrected chi connectivity index (χ2v) is 8.47. The Hall–Kier alpha value is -3.39. The molecule has 8 heteroatoms. The molecule has 0 radical (unpaired) electrons. The molecule has 0 unspecified atom stereocenters. The third-order valence-electron chi connectivity index (χ3n) is 5.27. The monoisotopic (exact) mass is 449 g/mol. The van der Waals surface area contributed by atoms with E-state index in [4.69, 9.17) is 0 Å². The molecule has 0 saturated heterocycles. The van der Waals surface area contributed by atoms with Gasteiger partial charge in [0.05, 0.1) is 28.5 Å². The number of aryl methyl sites for hydroxylation is 2. The Balaban J connectivity index is 1.28. The molecular formula is C24H24FN5OS. The van der Waals surface area contributed by atoms with Gasteiger partial charge in [-0.15, -0.1) is 11.3 Å². The topological polar surface area (TPSA) is 72.7 Å². The number of pyridine rings is 1. The van der Waals surface area contributed by atoms with Gasteiger partial charge in [0.1, 0.15) is 5.82 Å². The summed E-state index contributed by atoms with van der Waals surface area (Å²) in [7, 11) is 0. The summed E-state index contributed by atoms with van der Waals surface area (Å²) >= 11 is 1.63. The molecule has 32 heavy (non-hydrogen) atoms. The zero-order valence-corrected chi connectivity index (χ0v) is 18.8. The molecule has 0 saturated carbocycles. The van der Waals surface area contributed by atoms with Crippen molar-refractivity contribution in [3.05, 3.63) is 81.9 Å². The van der Waals surface area contributed by atoms with Crippen molar-refractivity contribution < 1.29 is 9.18 Å². The number of thiazole rings is 1. The fourth-order valence-electron chi connectivity index (χ4n) is 3.54. The van der Waals surface area contributed by atoms with E-state index in [0.29, 0.717) is 6.54 Å². The summed E-state index contributed by atoms with van der Waals surface area (Å²) in [5, 5.41) is 10.6. The summed E-state index contributed by atoms with van der Waals surface area (Å²) < 4.78 is 15.0. The van der Waals surface area contributed by atoms with Crippen molar-refractivity contribution in [1.29, 1.82) is 0 Å². The fourth-order valence-corrected chi connectivity index (χ4v) is 4.39. The molecule has 4 aromatic rings. The van der Waals surface area contributed by atoms with Crippen molar-refractivity contribution in [2.45, 2.75) is 33.1 Å². The maximum atomic E-state index is 13.2. The number of hydrogen-bond acceptors (Lipinski definition) is 5. The number of benzene rings is 1. The highest BCUT2D eigenvalue weighted by Gasteiger charge is 2.16. The van der Waals surface area contributed by atoms with Gasteiger partial charge in [-0.2, -0.15) is 5.10 Å². The second-order valence-electron chi connectivity index (χ2n) is 7.53. The van der Waals surface area contributed by atoms with Crippen LogP contribution in [0.3, 0.4) is 0 Å². The number of rotatable bonds is 8. The predicted molar refractivity (Wildman–Crippen MR) is 123 cm³/mol. The molecule has 4 rings (SSSR count). The lowest BCUT2D eigenvalue weighted by atomic mass is 10.1. The van der Waals surface area contributed by atoms with Crippen LogP contribution < -0.4 is 5.32 Å². The van der Waals surface area contributed by atoms with Gasteiger partial charge >= 0.3 is 0 Å². The van der Waals surface area contributed by atoms with E-state index in [2.05, 4.69) is 20.4 Å². The highest BCUT2D eigenvalue weighted by atomic mass is 32.1. The largest absolute Gasteiger partial charge is 0.356 e. The Morgan fingerprint density at radius 2 is 1.88 bits per heavy atom. The number of carbonyl (C=O) groups excluding carboxylic acids is 1. The number of amides is 1. The first kappa shape index (κ1) is 21.8. The van der Waals surface area contributed by atoms with E-state index in [-0.39, 0.29) is 18.1 Å². The van der Waals surface area contributed by atoms with Crippen LogP contribution in [-0.4, -0.2) is 32.2 Å². The molecular weight excluding hydrogens is 425 g/mol. The summed E-state index contributed by atoms with van der Waals surface area (Å²) in [6, 6.07) is 10.1. The highest BCUT2D eigenvalue weighted by Crippen LogP contribution is 2.22. The van der Waals surface area contributed by atoms with Gasteiger partial charge < -0.3 is 5.32 Å². The van der Waals surface area contributed by atoms with E-state index in [1.807, 2.05) is 31.4 Å². The van der Waals surface area contributed by atoms with Gasteiger partial charge in [-0.3, -0.25) is 9.78 Å². The average molecular weight is 450 g/mol. The molecule has 1 N–H and O–H groups in total. The lowest BCUT2D eigenvalue weighted by Crippen LogP contribution is -2.26. The average Bonchev–Trinajstić information content (AvgIpc) is 3.38. The Labute approximate surface area is 190 Å².